The molecule has 0 radical (unpaired) electrons. The number of benzene rings is 1. The van der Waals surface area contributed by atoms with Crippen LogP contribution in [0.15, 0.2) is 24.5 Å². The van der Waals surface area contributed by atoms with Crippen molar-refractivity contribution in [3.05, 3.63) is 45.4 Å². The van der Waals surface area contributed by atoms with E-state index < -0.39 is 4.92 Å². The number of nitrogens with zero attached hydrogens (tertiary/aromatic N) is 3. The summed E-state index contributed by atoms with van der Waals surface area (Å²) >= 11 is 5.84. The molecule has 1 heterocycles. The molecule has 0 N–H and O–H groups in total. The van der Waals surface area contributed by atoms with E-state index in [1.165, 1.54) is 19.5 Å². The molecule has 0 saturated carbocycles. The Balaban J connectivity index is 2.48. The van der Waals surface area contributed by atoms with E-state index in [2.05, 4.69) is 9.97 Å². The molecule has 2 rings (SSSR count). The summed E-state index contributed by atoms with van der Waals surface area (Å²) in [4.78, 5) is 18.2. The molecule has 0 aliphatic heterocycles. The van der Waals surface area contributed by atoms with Gasteiger partial charge in [-0.15, -0.1) is 0 Å². The smallest absolute Gasteiger partial charge is 0.314 e. The number of aryl methyl sites for hydroxylation is 1. The summed E-state index contributed by atoms with van der Waals surface area (Å²) in [7, 11) is 1.38. The van der Waals surface area contributed by atoms with Gasteiger partial charge in [-0.2, -0.15) is 4.98 Å². The van der Waals surface area contributed by atoms with Crippen molar-refractivity contribution in [1.29, 1.82) is 0 Å². The molecule has 0 saturated heterocycles. The first-order valence-electron chi connectivity index (χ1n) is 5.51. The van der Waals surface area contributed by atoms with Crippen molar-refractivity contribution in [1.82, 2.24) is 9.97 Å². The van der Waals surface area contributed by atoms with E-state index in [1.54, 1.807) is 19.1 Å². The minimum atomic E-state index is -0.514. The first kappa shape index (κ1) is 14.0. The Labute approximate surface area is 119 Å². The lowest BCUT2D eigenvalue weighted by Crippen LogP contribution is -1.99. The summed E-state index contributed by atoms with van der Waals surface area (Å²) in [5, 5.41) is 11.2. The van der Waals surface area contributed by atoms with Gasteiger partial charge in [-0.25, -0.2) is 4.98 Å². The highest BCUT2D eigenvalue weighted by atomic mass is 35.5. The number of hydrogen-bond acceptors (Lipinski definition) is 6. The van der Waals surface area contributed by atoms with Gasteiger partial charge >= 0.3 is 5.69 Å². The van der Waals surface area contributed by atoms with Crippen LogP contribution in [-0.4, -0.2) is 22.0 Å². The van der Waals surface area contributed by atoms with Crippen molar-refractivity contribution in [2.45, 2.75) is 6.92 Å². The molecule has 104 valence electrons. The molecule has 0 atom stereocenters. The predicted molar refractivity (Wildman–Crippen MR) is 71.5 cm³/mol. The molecule has 7 nitrogen and oxygen atoms in total. The summed E-state index contributed by atoms with van der Waals surface area (Å²) in [5.74, 6) is 0.189. The van der Waals surface area contributed by atoms with Crippen LogP contribution in [0.3, 0.4) is 0 Å². The predicted octanol–water partition coefficient (Wildman–Crippen LogP) is 3.15. The molecule has 0 amide bonds. The van der Waals surface area contributed by atoms with Crippen molar-refractivity contribution in [3.63, 3.8) is 0 Å². The Morgan fingerprint density at radius 3 is 2.75 bits per heavy atom. The second-order valence-corrected chi connectivity index (χ2v) is 4.14. The molecule has 1 aromatic carbocycles. The highest BCUT2D eigenvalue weighted by Gasteiger charge is 2.21. The van der Waals surface area contributed by atoms with Gasteiger partial charge in [0.2, 0.25) is 11.5 Å². The fourth-order valence-electron chi connectivity index (χ4n) is 1.63. The molecule has 2 aromatic rings. The molecule has 1 aromatic heterocycles. The molecule has 0 aliphatic rings. The van der Waals surface area contributed by atoms with Crippen LogP contribution in [0.4, 0.5) is 5.69 Å². The SMILES string of the molecule is COc1c(Cl)ncnc1Oc1cccc(C)c1[N+](=O)[O-]. The van der Waals surface area contributed by atoms with Crippen LogP contribution in [0.2, 0.25) is 5.15 Å². The fraction of sp³-hybridized carbons (Fsp3) is 0.167. The normalized spacial score (nSPS) is 10.2. The summed E-state index contributed by atoms with van der Waals surface area (Å²) in [6, 6.07) is 4.74. The first-order chi connectivity index (χ1) is 9.54. The third-order valence-corrected chi connectivity index (χ3v) is 2.79. The van der Waals surface area contributed by atoms with Crippen molar-refractivity contribution in [2.75, 3.05) is 7.11 Å². The maximum Gasteiger partial charge on any atom is 0.314 e. The van der Waals surface area contributed by atoms with E-state index in [0.717, 1.165) is 0 Å². The lowest BCUT2D eigenvalue weighted by atomic mass is 10.2. The zero-order chi connectivity index (χ0) is 14.7. The van der Waals surface area contributed by atoms with E-state index in [0.29, 0.717) is 5.56 Å². The van der Waals surface area contributed by atoms with E-state index in [-0.39, 0.29) is 28.2 Å². The summed E-state index contributed by atoms with van der Waals surface area (Å²) in [5.41, 5.74) is 0.343. The fourth-order valence-corrected chi connectivity index (χ4v) is 1.84. The Kier molecular flexibility index (Phi) is 3.99. The van der Waals surface area contributed by atoms with Gasteiger partial charge in [0.05, 0.1) is 12.0 Å². The van der Waals surface area contributed by atoms with Crippen LogP contribution >= 0.6 is 11.6 Å². The zero-order valence-corrected chi connectivity index (χ0v) is 11.4. The first-order valence-corrected chi connectivity index (χ1v) is 5.88. The summed E-state index contributed by atoms with van der Waals surface area (Å²) in [6.45, 7) is 1.62. The minimum Gasteiger partial charge on any atom is -0.489 e. The molecule has 20 heavy (non-hydrogen) atoms. The second kappa shape index (κ2) is 5.70. The van der Waals surface area contributed by atoms with Gasteiger partial charge in [0.1, 0.15) is 6.33 Å². The standard InChI is InChI=1S/C12H10ClN3O4/c1-7-4-3-5-8(9(7)16(17)18)20-12-10(19-2)11(13)14-6-15-12/h3-6H,1-2H3. The van der Waals surface area contributed by atoms with Crippen LogP contribution in [0.25, 0.3) is 0 Å². The molecule has 0 bridgehead atoms. The van der Waals surface area contributed by atoms with Crippen LogP contribution in [0.5, 0.6) is 17.4 Å². The van der Waals surface area contributed by atoms with Crippen LogP contribution in [0, 0.1) is 17.0 Å². The number of nitro benzene ring substituents is 1. The van der Waals surface area contributed by atoms with Crippen molar-refractivity contribution in [3.8, 4) is 17.4 Å². The van der Waals surface area contributed by atoms with Crippen molar-refractivity contribution >= 4 is 17.3 Å². The lowest BCUT2D eigenvalue weighted by Gasteiger charge is -2.10. The number of rotatable bonds is 4. The van der Waals surface area contributed by atoms with E-state index in [9.17, 15) is 10.1 Å². The van der Waals surface area contributed by atoms with Crippen LogP contribution < -0.4 is 9.47 Å². The number of aromatic nitrogens is 2. The van der Waals surface area contributed by atoms with E-state index >= 15 is 0 Å². The number of ether oxygens (including phenoxy) is 2. The van der Waals surface area contributed by atoms with Gasteiger partial charge < -0.3 is 9.47 Å². The number of para-hydroxylation sites is 1. The maximum absolute atomic E-state index is 11.1. The Morgan fingerprint density at radius 2 is 2.10 bits per heavy atom. The summed E-state index contributed by atoms with van der Waals surface area (Å²) in [6.07, 6.45) is 1.18. The third-order valence-electron chi connectivity index (χ3n) is 2.52. The van der Waals surface area contributed by atoms with Gasteiger partial charge in [0.15, 0.2) is 5.15 Å². The quantitative estimate of drug-likeness (QED) is 0.489. The molecule has 0 aliphatic carbocycles. The average Bonchev–Trinajstić information content (AvgIpc) is 2.38. The van der Waals surface area contributed by atoms with Crippen molar-refractivity contribution in [2.24, 2.45) is 0 Å². The van der Waals surface area contributed by atoms with Crippen molar-refractivity contribution < 1.29 is 14.4 Å². The topological polar surface area (TPSA) is 87.4 Å². The molecular formula is C12H10ClN3O4. The largest absolute Gasteiger partial charge is 0.489 e. The number of methoxy groups -OCH3 is 1. The average molecular weight is 296 g/mol. The number of hydrogen-bond donors (Lipinski definition) is 0. The van der Waals surface area contributed by atoms with Gasteiger partial charge in [-0.1, -0.05) is 23.7 Å². The Bertz CT molecular complexity index is 663. The highest BCUT2D eigenvalue weighted by Crippen LogP contribution is 2.38. The Morgan fingerprint density at radius 1 is 1.35 bits per heavy atom. The highest BCUT2D eigenvalue weighted by molar-refractivity contribution is 6.31. The second-order valence-electron chi connectivity index (χ2n) is 3.78. The number of halogens is 1. The molecule has 0 unspecified atom stereocenters. The molecule has 0 fully saturated rings. The third kappa shape index (κ3) is 2.62. The van der Waals surface area contributed by atoms with E-state index in [4.69, 9.17) is 21.1 Å². The maximum atomic E-state index is 11.1. The summed E-state index contributed by atoms with van der Waals surface area (Å²) < 4.78 is 10.5. The minimum absolute atomic E-state index is 0.0150. The molecular weight excluding hydrogens is 286 g/mol. The Hall–Kier alpha value is -2.41. The van der Waals surface area contributed by atoms with Gasteiger partial charge in [-0.05, 0) is 13.0 Å². The lowest BCUT2D eigenvalue weighted by molar-refractivity contribution is -0.386. The van der Waals surface area contributed by atoms with Gasteiger partial charge in [-0.3, -0.25) is 10.1 Å². The molecule has 0 spiro atoms. The van der Waals surface area contributed by atoms with E-state index in [1.807, 2.05) is 0 Å². The van der Waals surface area contributed by atoms with Crippen LogP contribution in [0.1, 0.15) is 5.56 Å². The van der Waals surface area contributed by atoms with Crippen LogP contribution in [-0.2, 0) is 0 Å². The number of nitro groups is 1. The zero-order valence-electron chi connectivity index (χ0n) is 10.7. The molecule has 8 heteroatoms. The monoisotopic (exact) mass is 295 g/mol. The van der Waals surface area contributed by atoms with Gasteiger partial charge in [0, 0.05) is 5.56 Å². The van der Waals surface area contributed by atoms with Gasteiger partial charge in [0.25, 0.3) is 5.88 Å².